The smallest absolute Gasteiger partial charge is 0.151 e. The number of aldehydes is 2. The fraction of sp³-hybridized carbons (Fsp3) is 0.200. The second-order valence-electron chi connectivity index (χ2n) is 2.94. The molecule has 1 aromatic rings. The van der Waals surface area contributed by atoms with E-state index in [9.17, 15) is 9.59 Å². The number of carbonyl (C=O) groups excluding carboxylic acids is 2. The summed E-state index contributed by atoms with van der Waals surface area (Å²) in [4.78, 5) is 21.4. The Bertz CT molecular complexity index is 376. The van der Waals surface area contributed by atoms with Crippen LogP contribution in [0, 0.1) is 13.8 Å². The predicted octanol–water partition coefficient (Wildman–Crippen LogP) is 3.24. The second kappa shape index (κ2) is 4.11. The standard InChI is InChI=1S/C10H8Cl2O2/c1-5-7(3-13)10(12)8(4-14)6(2)9(5)11/h3-4H,1-2H3. The van der Waals surface area contributed by atoms with Crippen molar-refractivity contribution in [2.45, 2.75) is 13.8 Å². The number of hydrogen-bond acceptors (Lipinski definition) is 2. The van der Waals surface area contributed by atoms with Crippen molar-refractivity contribution in [3.63, 3.8) is 0 Å². The summed E-state index contributed by atoms with van der Waals surface area (Å²) >= 11 is 11.8. The Labute approximate surface area is 91.8 Å². The minimum atomic E-state index is 0.175. The van der Waals surface area contributed by atoms with Gasteiger partial charge in [-0.15, -0.1) is 0 Å². The third kappa shape index (κ3) is 1.56. The summed E-state index contributed by atoms with van der Waals surface area (Å²) in [5, 5.41) is 0.591. The molecule has 2 nitrogen and oxygen atoms in total. The van der Waals surface area contributed by atoms with Crippen molar-refractivity contribution >= 4 is 35.8 Å². The predicted molar refractivity (Wildman–Crippen MR) is 56.7 cm³/mol. The molecule has 0 unspecified atom stereocenters. The molecule has 1 rings (SSSR count). The first-order valence-corrected chi connectivity index (χ1v) is 4.68. The molecule has 0 aliphatic rings. The van der Waals surface area contributed by atoms with Crippen LogP contribution in [-0.2, 0) is 0 Å². The molecule has 0 aliphatic carbocycles. The summed E-state index contributed by atoms with van der Waals surface area (Å²) < 4.78 is 0. The lowest BCUT2D eigenvalue weighted by Gasteiger charge is -2.10. The van der Waals surface area contributed by atoms with E-state index in [0.717, 1.165) is 0 Å². The van der Waals surface area contributed by atoms with E-state index in [0.29, 0.717) is 28.7 Å². The van der Waals surface area contributed by atoms with Gasteiger partial charge in [0, 0.05) is 16.1 Å². The molecular formula is C10H8Cl2O2. The lowest BCUT2D eigenvalue weighted by atomic mass is 10.0. The van der Waals surface area contributed by atoms with E-state index in [1.54, 1.807) is 13.8 Å². The van der Waals surface area contributed by atoms with Crippen LogP contribution in [0.1, 0.15) is 31.8 Å². The Balaban J connectivity index is 3.72. The Hall–Kier alpha value is -0.860. The van der Waals surface area contributed by atoms with Gasteiger partial charge in [-0.05, 0) is 25.0 Å². The zero-order valence-electron chi connectivity index (χ0n) is 7.73. The highest BCUT2D eigenvalue weighted by atomic mass is 35.5. The molecule has 0 amide bonds. The second-order valence-corrected chi connectivity index (χ2v) is 3.70. The molecule has 4 heteroatoms. The minimum Gasteiger partial charge on any atom is -0.298 e. The van der Waals surface area contributed by atoms with Crippen LogP contribution in [0.3, 0.4) is 0 Å². The molecule has 0 bridgehead atoms. The highest BCUT2D eigenvalue weighted by Gasteiger charge is 2.16. The van der Waals surface area contributed by atoms with Gasteiger partial charge in [0.25, 0.3) is 0 Å². The van der Waals surface area contributed by atoms with E-state index in [2.05, 4.69) is 0 Å². The number of carbonyl (C=O) groups is 2. The molecule has 0 heterocycles. The Kier molecular flexibility index (Phi) is 3.29. The van der Waals surface area contributed by atoms with Crippen LogP contribution in [-0.4, -0.2) is 12.6 Å². The monoisotopic (exact) mass is 230 g/mol. The van der Waals surface area contributed by atoms with Crippen LogP contribution in [0.4, 0.5) is 0 Å². The summed E-state index contributed by atoms with van der Waals surface area (Å²) in [6, 6.07) is 0. The highest BCUT2D eigenvalue weighted by molar-refractivity contribution is 6.38. The van der Waals surface area contributed by atoms with Crippen LogP contribution in [0.2, 0.25) is 10.0 Å². The zero-order valence-corrected chi connectivity index (χ0v) is 9.24. The fourth-order valence-corrected chi connectivity index (χ4v) is 1.85. The van der Waals surface area contributed by atoms with Crippen LogP contribution < -0.4 is 0 Å². The maximum absolute atomic E-state index is 10.7. The van der Waals surface area contributed by atoms with Gasteiger partial charge in [-0.3, -0.25) is 9.59 Å². The summed E-state index contributed by atoms with van der Waals surface area (Å²) in [6.45, 7) is 3.39. The number of hydrogen-bond donors (Lipinski definition) is 0. The van der Waals surface area contributed by atoms with Gasteiger partial charge in [-0.25, -0.2) is 0 Å². The van der Waals surface area contributed by atoms with E-state index < -0.39 is 0 Å². The maximum atomic E-state index is 10.7. The number of benzene rings is 1. The SMILES string of the molecule is Cc1c(Cl)c(C)c(C=O)c(Cl)c1C=O. The molecule has 0 fully saturated rings. The van der Waals surface area contributed by atoms with Crippen molar-refractivity contribution in [2.75, 3.05) is 0 Å². The van der Waals surface area contributed by atoms with Crippen molar-refractivity contribution in [3.05, 3.63) is 32.3 Å². The quantitative estimate of drug-likeness (QED) is 0.732. The van der Waals surface area contributed by atoms with Gasteiger partial charge < -0.3 is 0 Å². The van der Waals surface area contributed by atoms with Gasteiger partial charge in [-0.2, -0.15) is 0 Å². The summed E-state index contributed by atoms with van der Waals surface area (Å²) in [6.07, 6.45) is 1.21. The Morgan fingerprint density at radius 2 is 1.21 bits per heavy atom. The van der Waals surface area contributed by atoms with Crippen molar-refractivity contribution in [2.24, 2.45) is 0 Å². The average Bonchev–Trinajstić information content (AvgIpc) is 2.16. The molecule has 1 aromatic carbocycles. The van der Waals surface area contributed by atoms with Gasteiger partial charge in [0.2, 0.25) is 0 Å². The van der Waals surface area contributed by atoms with Crippen molar-refractivity contribution in [3.8, 4) is 0 Å². The number of halogens is 2. The van der Waals surface area contributed by atoms with Crippen molar-refractivity contribution in [1.82, 2.24) is 0 Å². The largest absolute Gasteiger partial charge is 0.298 e. The molecule has 0 N–H and O–H groups in total. The first-order valence-electron chi connectivity index (χ1n) is 3.93. The molecular weight excluding hydrogens is 223 g/mol. The van der Waals surface area contributed by atoms with Crippen LogP contribution in [0.25, 0.3) is 0 Å². The Morgan fingerprint density at radius 1 is 0.857 bits per heavy atom. The van der Waals surface area contributed by atoms with Gasteiger partial charge >= 0.3 is 0 Å². The van der Waals surface area contributed by atoms with Gasteiger partial charge in [0.05, 0.1) is 5.02 Å². The lowest BCUT2D eigenvalue weighted by molar-refractivity contribution is 0.112. The molecule has 0 aliphatic heterocycles. The molecule has 74 valence electrons. The Morgan fingerprint density at radius 3 is 1.50 bits per heavy atom. The zero-order chi connectivity index (χ0) is 10.9. The van der Waals surface area contributed by atoms with Gasteiger partial charge in [0.15, 0.2) is 12.6 Å². The van der Waals surface area contributed by atoms with Crippen LogP contribution in [0.15, 0.2) is 0 Å². The number of rotatable bonds is 2. The molecule has 0 saturated heterocycles. The topological polar surface area (TPSA) is 34.1 Å². The average molecular weight is 231 g/mol. The maximum Gasteiger partial charge on any atom is 0.151 e. The first kappa shape index (κ1) is 11.2. The third-order valence-corrected chi connectivity index (χ3v) is 3.15. The van der Waals surface area contributed by atoms with Crippen LogP contribution >= 0.6 is 23.2 Å². The van der Waals surface area contributed by atoms with Gasteiger partial charge in [0.1, 0.15) is 0 Å². The van der Waals surface area contributed by atoms with Crippen molar-refractivity contribution < 1.29 is 9.59 Å². The lowest BCUT2D eigenvalue weighted by Crippen LogP contribution is -1.98. The normalized spacial score (nSPS) is 10.0. The molecule has 0 radical (unpaired) electrons. The highest BCUT2D eigenvalue weighted by Crippen LogP contribution is 2.32. The van der Waals surface area contributed by atoms with Gasteiger partial charge in [-0.1, -0.05) is 23.2 Å². The molecule has 0 saturated carbocycles. The summed E-state index contributed by atoms with van der Waals surface area (Å²) in [5.41, 5.74) is 1.78. The van der Waals surface area contributed by atoms with E-state index in [-0.39, 0.29) is 16.1 Å². The van der Waals surface area contributed by atoms with E-state index >= 15 is 0 Å². The first-order chi connectivity index (χ1) is 6.54. The molecule has 14 heavy (non-hydrogen) atoms. The van der Waals surface area contributed by atoms with E-state index in [4.69, 9.17) is 23.2 Å². The third-order valence-electron chi connectivity index (χ3n) is 2.18. The molecule has 0 atom stereocenters. The molecule has 0 spiro atoms. The van der Waals surface area contributed by atoms with Crippen LogP contribution in [0.5, 0.6) is 0 Å². The molecule has 0 aromatic heterocycles. The summed E-state index contributed by atoms with van der Waals surface area (Å²) in [7, 11) is 0. The van der Waals surface area contributed by atoms with E-state index in [1.165, 1.54) is 0 Å². The summed E-state index contributed by atoms with van der Waals surface area (Å²) in [5.74, 6) is 0. The van der Waals surface area contributed by atoms with Crippen molar-refractivity contribution in [1.29, 1.82) is 0 Å². The van der Waals surface area contributed by atoms with E-state index in [1.807, 2.05) is 0 Å². The fourth-order valence-electron chi connectivity index (χ4n) is 1.27. The minimum absolute atomic E-state index is 0.175.